The molecule has 2 aliphatic rings. The van der Waals surface area contributed by atoms with Crippen LogP contribution in [0.4, 0.5) is 0 Å². The van der Waals surface area contributed by atoms with Crippen molar-refractivity contribution in [1.29, 1.82) is 10.8 Å². The topological polar surface area (TPSA) is 197 Å². The Labute approximate surface area is 322 Å². The number of hydrogen-bond acceptors (Lipinski definition) is 14. The molecule has 48 heavy (non-hydrogen) atoms. The van der Waals surface area contributed by atoms with Crippen LogP contribution in [0.25, 0.3) is 0 Å². The molecule has 296 valence electrons. The van der Waals surface area contributed by atoms with Gasteiger partial charge in [-0.05, 0) is 64.2 Å². The van der Waals surface area contributed by atoms with Gasteiger partial charge in [-0.1, -0.05) is 66.8 Å². The Hall–Kier alpha value is -1.07. The van der Waals surface area contributed by atoms with Gasteiger partial charge in [0.2, 0.25) is 0 Å². The maximum Gasteiger partial charge on any atom is 2.00 e. The number of aliphatic hydroxyl groups excluding tert-OH is 3. The molecule has 12 nitrogen and oxygen atoms in total. The Morgan fingerprint density at radius 2 is 1.33 bits per heavy atom. The smallest absolute Gasteiger partial charge is 0.466 e. The number of aliphatic hydroxyl groups is 3. The fraction of sp³-hybridized carbons (Fsp3) is 0.848. The first kappa shape index (κ1) is 81.1. The number of rotatable bonds is 11. The number of carbonyl (C=O) groups excluding carboxylic acids is 3. The molecule has 3 atom stereocenters. The normalized spacial score (nSPS) is 14.8. The van der Waals surface area contributed by atoms with Crippen molar-refractivity contribution >= 4 is 76.3 Å². The number of ether oxygens (including phenoxy) is 4. The second kappa shape index (κ2) is 55.3. The first-order valence-corrected chi connectivity index (χ1v) is 14.7. The molecule has 3 unspecified atom stereocenters. The largest absolute Gasteiger partial charge is 2.00 e. The molecular weight excluding hydrogens is 767 g/mol. The summed E-state index contributed by atoms with van der Waals surface area (Å²) < 4.78 is 19.2. The molecule has 0 spiro atoms. The summed E-state index contributed by atoms with van der Waals surface area (Å²) in [7, 11) is 0. The van der Waals surface area contributed by atoms with Gasteiger partial charge in [-0.25, -0.2) is 14.4 Å². The second-order valence-electron chi connectivity index (χ2n) is 7.86. The van der Waals surface area contributed by atoms with Gasteiger partial charge in [0, 0.05) is 32.7 Å². The standard InChI is InChI=1S/C11H21NO4S.C6H8O4.C4H7NS.C3H8O2.9CH4.Sn/c1-9(11(14)15-7-4-6-13)16-10(12)5-3-8-17-2;1-3-5(7)10-4(2)6(8)9-3;5-4-2-1-3-6-4;4-2-1-3-5;;;;;;;;;;/h9,12-13H,3-8H2,1-2H3;3-4H,1-2H3;5H,1-3H2;4-5H,1-3H2;9*1H4;/q;;;;;;;;;;;;;+2. The van der Waals surface area contributed by atoms with Crippen molar-refractivity contribution in [2.24, 2.45) is 0 Å². The molecule has 0 aromatic rings. The van der Waals surface area contributed by atoms with E-state index in [2.05, 4.69) is 9.47 Å². The van der Waals surface area contributed by atoms with Crippen molar-refractivity contribution in [1.82, 2.24) is 0 Å². The molecule has 0 aromatic heterocycles. The molecule has 0 saturated carbocycles. The van der Waals surface area contributed by atoms with Crippen LogP contribution in [0.3, 0.4) is 0 Å². The summed E-state index contributed by atoms with van der Waals surface area (Å²) in [6.07, 6.45) is 4.34. The zero-order valence-corrected chi connectivity index (χ0v) is 27.7. The summed E-state index contributed by atoms with van der Waals surface area (Å²) in [5.41, 5.74) is 0. The van der Waals surface area contributed by atoms with Crippen LogP contribution in [0.15, 0.2) is 0 Å². The second-order valence-corrected chi connectivity index (χ2v) is 10.0. The van der Waals surface area contributed by atoms with E-state index in [4.69, 9.17) is 35.6 Å². The quantitative estimate of drug-likeness (QED) is 0.0344. The van der Waals surface area contributed by atoms with Crippen LogP contribution in [0.2, 0.25) is 0 Å². The van der Waals surface area contributed by atoms with Crippen molar-refractivity contribution < 1.29 is 48.7 Å². The predicted octanol–water partition coefficient (Wildman–Crippen LogP) is 7.50. The summed E-state index contributed by atoms with van der Waals surface area (Å²) in [5, 5.41) is 39.7. The van der Waals surface area contributed by atoms with Gasteiger partial charge < -0.3 is 34.3 Å². The summed E-state index contributed by atoms with van der Waals surface area (Å²) in [4.78, 5) is 32.7. The maximum absolute atomic E-state index is 11.4. The fourth-order valence-electron chi connectivity index (χ4n) is 2.26. The molecule has 2 radical (unpaired) electrons. The zero-order chi connectivity index (χ0) is 29.3. The number of esters is 3. The van der Waals surface area contributed by atoms with E-state index in [1.54, 1.807) is 30.4 Å². The third-order valence-corrected chi connectivity index (χ3v) is 6.08. The molecule has 2 rings (SSSR count). The van der Waals surface area contributed by atoms with Crippen LogP contribution in [0.1, 0.15) is 126 Å². The molecule has 2 fully saturated rings. The van der Waals surface area contributed by atoms with Gasteiger partial charge in [0.15, 0.2) is 24.2 Å². The molecule has 2 saturated heterocycles. The molecule has 2 aliphatic heterocycles. The minimum absolute atomic E-state index is 0. The van der Waals surface area contributed by atoms with E-state index >= 15 is 0 Å². The average molecular weight is 848 g/mol. The first-order valence-electron chi connectivity index (χ1n) is 12.4. The zero-order valence-electron chi connectivity index (χ0n) is 23.2. The van der Waals surface area contributed by atoms with Crippen LogP contribution in [-0.4, -0.2) is 131 Å². The van der Waals surface area contributed by atoms with Crippen molar-refractivity contribution in [2.45, 2.75) is 144 Å². The Kier molecular flexibility index (Phi) is 93.6. The Balaban J connectivity index is -0.0000000365. The van der Waals surface area contributed by atoms with Crippen molar-refractivity contribution in [2.75, 3.05) is 44.2 Å². The van der Waals surface area contributed by atoms with Gasteiger partial charge in [-0.2, -0.15) is 11.8 Å². The minimum Gasteiger partial charge on any atom is -0.466 e. The fourth-order valence-corrected chi connectivity index (χ4v) is 3.52. The van der Waals surface area contributed by atoms with Gasteiger partial charge in [0.25, 0.3) is 0 Å². The Morgan fingerprint density at radius 1 is 0.896 bits per heavy atom. The number of carbonyl (C=O) groups is 3. The van der Waals surface area contributed by atoms with E-state index in [-0.39, 0.29) is 123 Å². The van der Waals surface area contributed by atoms with Crippen molar-refractivity contribution in [3.05, 3.63) is 0 Å². The molecule has 0 aliphatic carbocycles. The third-order valence-electron chi connectivity index (χ3n) is 4.34. The Morgan fingerprint density at radius 3 is 1.62 bits per heavy atom. The summed E-state index contributed by atoms with van der Waals surface area (Å²) in [5.74, 6) is 0.817. The van der Waals surface area contributed by atoms with E-state index < -0.39 is 36.2 Å². The van der Waals surface area contributed by atoms with Crippen LogP contribution in [0, 0.1) is 10.8 Å². The number of hydrogen-bond donors (Lipinski definition) is 5. The summed E-state index contributed by atoms with van der Waals surface area (Å²) >= 11 is 3.40. The number of cyclic esters (lactones) is 2. The maximum atomic E-state index is 11.4. The van der Waals surface area contributed by atoms with Crippen LogP contribution < -0.4 is 0 Å². The predicted molar refractivity (Wildman–Crippen MR) is 214 cm³/mol. The molecule has 0 aromatic carbocycles. The third kappa shape index (κ3) is 49.3. The summed E-state index contributed by atoms with van der Waals surface area (Å²) in [6, 6.07) is 0. The van der Waals surface area contributed by atoms with E-state index in [0.717, 1.165) is 23.6 Å². The van der Waals surface area contributed by atoms with Gasteiger partial charge in [0.05, 0.1) is 11.7 Å². The molecular formula is C33H80N2O10S2Sn+2. The molecule has 0 amide bonds. The van der Waals surface area contributed by atoms with Crippen LogP contribution >= 0.6 is 23.5 Å². The van der Waals surface area contributed by atoms with Crippen molar-refractivity contribution in [3.63, 3.8) is 0 Å². The monoisotopic (exact) mass is 848 g/mol. The Bertz CT molecular complexity index is 679. The van der Waals surface area contributed by atoms with E-state index in [1.165, 1.54) is 26.0 Å². The molecule has 15 heteroatoms. The van der Waals surface area contributed by atoms with Gasteiger partial charge in [-0.3, -0.25) is 10.8 Å². The van der Waals surface area contributed by atoms with Gasteiger partial charge in [-0.15, -0.1) is 11.8 Å². The van der Waals surface area contributed by atoms with Crippen LogP contribution in [0.5, 0.6) is 0 Å². The summed E-state index contributed by atoms with van der Waals surface area (Å²) in [6.45, 7) is 4.88. The van der Waals surface area contributed by atoms with E-state index in [0.29, 0.717) is 19.3 Å². The van der Waals surface area contributed by atoms with Crippen LogP contribution in [-0.2, 0) is 33.3 Å². The molecule has 5 N–H and O–H groups in total. The molecule has 0 bridgehead atoms. The SMILES string of the molecule is C.C.C.C.C.C.C.C.C.CC1OC(=O)C(C)OC1=O.CSCCCC(=N)OC(C)C(=O)OCCCO.N=C1CCCS1.OCCCO.[Sn+2]. The number of nitrogens with one attached hydrogen (secondary N) is 2. The average Bonchev–Trinajstić information content (AvgIpc) is 3.35. The minimum atomic E-state index is -0.754. The first-order chi connectivity index (χ1) is 18.0. The number of thioether (sulfide) groups is 2. The van der Waals surface area contributed by atoms with Crippen molar-refractivity contribution in [3.8, 4) is 0 Å². The molecule has 2 heterocycles. The van der Waals surface area contributed by atoms with E-state index in [1.807, 2.05) is 6.26 Å². The van der Waals surface area contributed by atoms with Gasteiger partial charge in [0.1, 0.15) is 0 Å². The van der Waals surface area contributed by atoms with Gasteiger partial charge >= 0.3 is 41.8 Å². The van der Waals surface area contributed by atoms with E-state index in [9.17, 15) is 14.4 Å².